The molecular formula is C29H23F4N5O3. The summed E-state index contributed by atoms with van der Waals surface area (Å²) in [7, 11) is 0. The molecule has 3 aromatic carbocycles. The molecule has 0 radical (unpaired) electrons. The van der Waals surface area contributed by atoms with Crippen LogP contribution in [0.2, 0.25) is 0 Å². The Kier molecular flexibility index (Phi) is 6.47. The van der Waals surface area contributed by atoms with Gasteiger partial charge in [-0.2, -0.15) is 18.3 Å². The predicted molar refractivity (Wildman–Crippen MR) is 142 cm³/mol. The number of hydrogen-bond donors (Lipinski definition) is 2. The number of hydrogen-bond acceptors (Lipinski definition) is 4. The van der Waals surface area contributed by atoms with Crippen LogP contribution in [0, 0.1) is 5.82 Å². The van der Waals surface area contributed by atoms with Gasteiger partial charge in [0.15, 0.2) is 0 Å². The van der Waals surface area contributed by atoms with E-state index in [0.717, 1.165) is 12.1 Å². The quantitative estimate of drug-likeness (QED) is 0.348. The number of rotatable bonds is 4. The third-order valence-corrected chi connectivity index (χ3v) is 7.63. The molecule has 3 amide bonds. The summed E-state index contributed by atoms with van der Waals surface area (Å²) in [5.74, 6) is -1.16. The fraction of sp³-hybridized carbons (Fsp3) is 0.241. The van der Waals surface area contributed by atoms with Crippen LogP contribution in [0.15, 0.2) is 71.5 Å². The van der Waals surface area contributed by atoms with Crippen LogP contribution in [-0.4, -0.2) is 57.1 Å². The van der Waals surface area contributed by atoms with Gasteiger partial charge in [-0.25, -0.2) is 14.3 Å². The van der Waals surface area contributed by atoms with Gasteiger partial charge in [0.1, 0.15) is 5.82 Å². The maximum atomic E-state index is 14.9. The molecule has 1 aromatic heterocycles. The third-order valence-electron chi connectivity index (χ3n) is 7.63. The van der Waals surface area contributed by atoms with E-state index in [1.54, 1.807) is 40.1 Å². The normalized spacial score (nSPS) is 18.2. The summed E-state index contributed by atoms with van der Waals surface area (Å²) in [6.45, 7) is 0.428. The van der Waals surface area contributed by atoms with Crippen molar-refractivity contribution >= 4 is 28.4 Å². The molecule has 4 aromatic rings. The second kappa shape index (κ2) is 10.0. The van der Waals surface area contributed by atoms with Crippen molar-refractivity contribution in [2.24, 2.45) is 0 Å². The minimum Gasteiger partial charge on any atom is -0.332 e. The fourth-order valence-corrected chi connectivity index (χ4v) is 5.60. The first kappa shape index (κ1) is 26.5. The number of nitrogens with zero attached hydrogens (tertiary/aromatic N) is 3. The van der Waals surface area contributed by atoms with Crippen LogP contribution in [0.25, 0.3) is 10.8 Å². The number of alkyl halides is 3. The number of H-pyrrole nitrogens is 1. The second-order valence-electron chi connectivity index (χ2n) is 10.2. The van der Waals surface area contributed by atoms with Crippen LogP contribution in [0.3, 0.4) is 0 Å². The van der Waals surface area contributed by atoms with Gasteiger partial charge < -0.3 is 15.1 Å². The SMILES string of the molecule is O=C(Nc1ccc(C(F)(F)F)cc1)N1CC2CC1CN2C(=O)c1cc(Cc2n[nH]c(=O)c3ccccc23)ccc1F. The van der Waals surface area contributed by atoms with Crippen molar-refractivity contribution in [2.45, 2.75) is 31.1 Å². The van der Waals surface area contributed by atoms with Crippen LogP contribution in [0.1, 0.15) is 33.6 Å². The van der Waals surface area contributed by atoms with Gasteiger partial charge in [-0.05, 0) is 54.4 Å². The highest BCUT2D eigenvalue weighted by molar-refractivity contribution is 5.96. The Morgan fingerprint density at radius 3 is 2.32 bits per heavy atom. The van der Waals surface area contributed by atoms with Crippen LogP contribution in [0.5, 0.6) is 0 Å². The number of nitrogens with one attached hydrogen (secondary N) is 2. The van der Waals surface area contributed by atoms with Crippen LogP contribution < -0.4 is 10.9 Å². The molecule has 0 saturated carbocycles. The molecule has 2 N–H and O–H groups in total. The molecule has 0 spiro atoms. The molecular weight excluding hydrogens is 542 g/mol. The van der Waals surface area contributed by atoms with Crippen molar-refractivity contribution < 1.29 is 27.2 Å². The number of anilines is 1. The van der Waals surface area contributed by atoms with E-state index in [2.05, 4.69) is 15.5 Å². The minimum absolute atomic E-state index is 0.0930. The molecule has 210 valence electrons. The lowest BCUT2D eigenvalue weighted by molar-refractivity contribution is -0.137. The van der Waals surface area contributed by atoms with Crippen LogP contribution in [0.4, 0.5) is 28.0 Å². The Balaban J connectivity index is 1.14. The summed E-state index contributed by atoms with van der Waals surface area (Å²) < 4.78 is 53.3. The van der Waals surface area contributed by atoms with Gasteiger partial charge >= 0.3 is 12.2 Å². The zero-order chi connectivity index (χ0) is 28.9. The standard InChI is InChI=1S/C29H23F4N5O3/c30-24-10-5-16(12-25-21-3-1-2-4-22(21)26(39)36-35-25)11-23(24)27(40)37-14-20-13-19(37)15-38(20)28(41)34-18-8-6-17(7-9-18)29(31,32)33/h1-11,19-20H,12-15H2,(H,34,41)(H,36,39). The molecule has 2 bridgehead atoms. The first-order valence-electron chi connectivity index (χ1n) is 12.9. The Bertz CT molecular complexity index is 1720. The van der Waals surface area contributed by atoms with Crippen molar-refractivity contribution in [3.05, 3.63) is 105 Å². The van der Waals surface area contributed by atoms with Crippen LogP contribution >= 0.6 is 0 Å². The number of aromatic amines is 1. The van der Waals surface area contributed by atoms with Crippen molar-refractivity contribution in [1.82, 2.24) is 20.0 Å². The highest BCUT2D eigenvalue weighted by Crippen LogP contribution is 2.34. The molecule has 2 aliphatic rings. The molecule has 2 atom stereocenters. The van der Waals surface area contributed by atoms with Crippen molar-refractivity contribution in [1.29, 1.82) is 0 Å². The van der Waals surface area contributed by atoms with Gasteiger partial charge in [0.05, 0.1) is 34.3 Å². The van der Waals surface area contributed by atoms with E-state index in [9.17, 15) is 31.9 Å². The molecule has 8 nitrogen and oxygen atoms in total. The summed E-state index contributed by atoms with van der Waals surface area (Å²) in [6, 6.07) is 14.4. The number of likely N-dealkylation sites (tertiary alicyclic amines) is 2. The van der Waals surface area contributed by atoms with E-state index in [1.165, 1.54) is 24.3 Å². The van der Waals surface area contributed by atoms with Crippen molar-refractivity contribution in [2.75, 3.05) is 18.4 Å². The maximum absolute atomic E-state index is 14.9. The van der Waals surface area contributed by atoms with Gasteiger partial charge in [0.2, 0.25) is 0 Å². The number of benzene rings is 3. The second-order valence-corrected chi connectivity index (χ2v) is 10.2. The number of carbonyl (C=O) groups excluding carboxylic acids is 2. The summed E-state index contributed by atoms with van der Waals surface area (Å²) >= 11 is 0. The number of fused-ring (bicyclic) bond motifs is 3. The monoisotopic (exact) mass is 565 g/mol. The third kappa shape index (κ3) is 5.01. The Morgan fingerprint density at radius 1 is 0.951 bits per heavy atom. The highest BCUT2D eigenvalue weighted by Gasteiger charge is 2.47. The van der Waals surface area contributed by atoms with E-state index in [4.69, 9.17) is 0 Å². The lowest BCUT2D eigenvalue weighted by Gasteiger charge is -2.34. The average molecular weight is 566 g/mol. The van der Waals surface area contributed by atoms with E-state index >= 15 is 0 Å². The van der Waals surface area contributed by atoms with Crippen LogP contribution in [-0.2, 0) is 12.6 Å². The molecule has 3 heterocycles. The van der Waals surface area contributed by atoms with Crippen molar-refractivity contribution in [3.63, 3.8) is 0 Å². The minimum atomic E-state index is -4.47. The highest BCUT2D eigenvalue weighted by atomic mass is 19.4. The first-order chi connectivity index (χ1) is 19.6. The van der Waals surface area contributed by atoms with Gasteiger partial charge in [0, 0.05) is 30.6 Å². The molecule has 41 heavy (non-hydrogen) atoms. The van der Waals surface area contributed by atoms with E-state index < -0.39 is 29.5 Å². The zero-order valence-corrected chi connectivity index (χ0v) is 21.4. The fourth-order valence-electron chi connectivity index (χ4n) is 5.60. The summed E-state index contributed by atoms with van der Waals surface area (Å²) in [5.41, 5.74) is 0.225. The summed E-state index contributed by atoms with van der Waals surface area (Å²) in [5, 5.41) is 10.4. The number of piperazine rings is 1. The van der Waals surface area contributed by atoms with Gasteiger partial charge in [-0.3, -0.25) is 9.59 Å². The molecule has 2 unspecified atom stereocenters. The Hall–Kier alpha value is -4.74. The van der Waals surface area contributed by atoms with Gasteiger partial charge in [-0.1, -0.05) is 24.3 Å². The summed E-state index contributed by atoms with van der Waals surface area (Å²) in [6.07, 6.45) is -3.69. The Morgan fingerprint density at radius 2 is 1.63 bits per heavy atom. The zero-order valence-electron chi connectivity index (χ0n) is 21.4. The molecule has 6 rings (SSSR count). The van der Waals surface area contributed by atoms with E-state index in [-0.39, 0.29) is 48.4 Å². The van der Waals surface area contributed by atoms with E-state index in [1.807, 2.05) is 0 Å². The lowest BCUT2D eigenvalue weighted by Crippen LogP contribution is -2.51. The maximum Gasteiger partial charge on any atom is 0.416 e. The molecule has 2 fully saturated rings. The average Bonchev–Trinajstić information content (AvgIpc) is 3.57. The molecule has 0 aliphatic carbocycles. The van der Waals surface area contributed by atoms with Crippen molar-refractivity contribution in [3.8, 4) is 0 Å². The number of carbonyl (C=O) groups is 2. The number of halogens is 4. The largest absolute Gasteiger partial charge is 0.416 e. The predicted octanol–water partition coefficient (Wildman–Crippen LogP) is 4.80. The first-order valence-corrected chi connectivity index (χ1v) is 12.9. The topological polar surface area (TPSA) is 98.4 Å². The number of amides is 3. The summed E-state index contributed by atoms with van der Waals surface area (Å²) in [4.78, 5) is 41.4. The molecule has 2 saturated heterocycles. The lowest BCUT2D eigenvalue weighted by atomic mass is 10.0. The molecule has 2 aliphatic heterocycles. The number of aromatic nitrogens is 2. The van der Waals surface area contributed by atoms with Gasteiger partial charge in [-0.15, -0.1) is 0 Å². The molecule has 12 heteroatoms. The van der Waals surface area contributed by atoms with Gasteiger partial charge in [0.25, 0.3) is 11.5 Å². The smallest absolute Gasteiger partial charge is 0.332 e. The number of urea groups is 1. The van der Waals surface area contributed by atoms with E-state index in [0.29, 0.717) is 28.5 Å². The Labute approximate surface area is 230 Å².